The highest BCUT2D eigenvalue weighted by atomic mass is 16.3. The second-order valence-corrected chi connectivity index (χ2v) is 4.04. The van der Waals surface area contributed by atoms with E-state index in [1.54, 1.807) is 0 Å². The third-order valence-electron chi connectivity index (χ3n) is 3.13. The molecule has 0 saturated carbocycles. The predicted octanol–water partition coefficient (Wildman–Crippen LogP) is 2.49. The first-order valence-corrected chi connectivity index (χ1v) is 5.48. The first kappa shape index (κ1) is 10.3. The lowest BCUT2D eigenvalue weighted by molar-refractivity contribution is 0.148. The van der Waals surface area contributed by atoms with Gasteiger partial charge in [-0.15, -0.1) is 11.8 Å². The molecule has 2 unspecified atom stereocenters. The molecule has 0 spiro atoms. The van der Waals surface area contributed by atoms with E-state index in [9.17, 15) is 5.11 Å². The molecule has 1 heteroatoms. The minimum atomic E-state index is -0.305. The number of aliphatic hydroxyl groups excluding tert-OH is 1. The molecular weight excluding hydrogens is 184 g/mol. The summed E-state index contributed by atoms with van der Waals surface area (Å²) in [6, 6.07) is 8.41. The molecule has 78 valence electrons. The predicted molar refractivity (Wildman–Crippen MR) is 61.6 cm³/mol. The summed E-state index contributed by atoms with van der Waals surface area (Å²) in [6.07, 6.45) is 2.44. The Morgan fingerprint density at radius 1 is 1.47 bits per heavy atom. The summed E-state index contributed by atoms with van der Waals surface area (Å²) in [5, 5.41) is 10.0. The topological polar surface area (TPSA) is 20.2 Å². The largest absolute Gasteiger partial charge is 0.391 e. The lowest BCUT2D eigenvalue weighted by Crippen LogP contribution is -2.15. The quantitative estimate of drug-likeness (QED) is 0.727. The van der Waals surface area contributed by atoms with Crippen LogP contribution < -0.4 is 0 Å². The number of aryl methyl sites for hydroxylation is 1. The van der Waals surface area contributed by atoms with Gasteiger partial charge in [0, 0.05) is 12.3 Å². The van der Waals surface area contributed by atoms with Gasteiger partial charge < -0.3 is 5.11 Å². The molecule has 1 N–H and O–H groups in total. The van der Waals surface area contributed by atoms with Crippen molar-refractivity contribution >= 4 is 0 Å². The standard InChI is InChI=1S/C14H16O/c1-2-3-8-14(15)13-10-9-11-6-4-5-7-12(11)13/h4-7,13-15H,8-10H2,1H3. The number of benzene rings is 1. The van der Waals surface area contributed by atoms with E-state index in [4.69, 9.17) is 0 Å². The second kappa shape index (κ2) is 4.51. The molecule has 0 radical (unpaired) electrons. The van der Waals surface area contributed by atoms with Crippen LogP contribution in [0.5, 0.6) is 0 Å². The molecule has 2 rings (SSSR count). The highest BCUT2D eigenvalue weighted by molar-refractivity contribution is 5.35. The number of hydrogen-bond acceptors (Lipinski definition) is 1. The van der Waals surface area contributed by atoms with Crippen molar-refractivity contribution in [2.45, 2.75) is 38.2 Å². The van der Waals surface area contributed by atoms with Gasteiger partial charge in [-0.3, -0.25) is 0 Å². The Morgan fingerprint density at radius 3 is 3.07 bits per heavy atom. The fraction of sp³-hybridized carbons (Fsp3) is 0.429. The van der Waals surface area contributed by atoms with Crippen LogP contribution in [0.25, 0.3) is 0 Å². The van der Waals surface area contributed by atoms with E-state index in [1.165, 1.54) is 11.1 Å². The molecule has 0 fully saturated rings. The van der Waals surface area contributed by atoms with Gasteiger partial charge in [0.1, 0.15) is 0 Å². The van der Waals surface area contributed by atoms with Crippen molar-refractivity contribution in [3.05, 3.63) is 35.4 Å². The number of aliphatic hydroxyl groups is 1. The van der Waals surface area contributed by atoms with Crippen LogP contribution in [0, 0.1) is 11.8 Å². The molecule has 0 saturated heterocycles. The lowest BCUT2D eigenvalue weighted by Gasteiger charge is -2.16. The summed E-state index contributed by atoms with van der Waals surface area (Å²) >= 11 is 0. The van der Waals surface area contributed by atoms with E-state index in [2.05, 4.69) is 36.1 Å². The van der Waals surface area contributed by atoms with Gasteiger partial charge in [-0.25, -0.2) is 0 Å². The Labute approximate surface area is 91.1 Å². The lowest BCUT2D eigenvalue weighted by atomic mass is 9.93. The van der Waals surface area contributed by atoms with Crippen LogP contribution in [0.3, 0.4) is 0 Å². The van der Waals surface area contributed by atoms with Gasteiger partial charge in [0.15, 0.2) is 0 Å². The molecule has 0 heterocycles. The maximum absolute atomic E-state index is 10.0. The van der Waals surface area contributed by atoms with E-state index >= 15 is 0 Å². The molecule has 1 aromatic rings. The molecule has 0 amide bonds. The number of fused-ring (bicyclic) bond motifs is 1. The number of rotatable bonds is 2. The summed E-state index contributed by atoms with van der Waals surface area (Å²) in [5.74, 6) is 6.09. The maximum Gasteiger partial charge on any atom is 0.0718 e. The van der Waals surface area contributed by atoms with Gasteiger partial charge in [0.05, 0.1) is 6.10 Å². The molecule has 1 aromatic carbocycles. The van der Waals surface area contributed by atoms with Crippen LogP contribution in [0.1, 0.15) is 36.8 Å². The Morgan fingerprint density at radius 2 is 2.27 bits per heavy atom. The van der Waals surface area contributed by atoms with Crippen molar-refractivity contribution < 1.29 is 5.11 Å². The smallest absolute Gasteiger partial charge is 0.0718 e. The van der Waals surface area contributed by atoms with Crippen LogP contribution in [0.4, 0.5) is 0 Å². The van der Waals surface area contributed by atoms with E-state index in [-0.39, 0.29) is 6.10 Å². The monoisotopic (exact) mass is 200 g/mol. The zero-order chi connectivity index (χ0) is 10.7. The summed E-state index contributed by atoms with van der Waals surface area (Å²) in [7, 11) is 0. The molecule has 0 aliphatic heterocycles. The molecule has 0 aromatic heterocycles. The SMILES string of the molecule is CC#CCC(O)C1CCc2ccccc21. The van der Waals surface area contributed by atoms with E-state index in [0.717, 1.165) is 12.8 Å². The Kier molecular flexibility index (Phi) is 3.08. The highest BCUT2D eigenvalue weighted by Crippen LogP contribution is 2.35. The summed E-state index contributed by atoms with van der Waals surface area (Å²) in [4.78, 5) is 0. The first-order valence-electron chi connectivity index (χ1n) is 5.48. The van der Waals surface area contributed by atoms with Crippen LogP contribution in [-0.2, 0) is 6.42 Å². The molecule has 0 bridgehead atoms. The zero-order valence-electron chi connectivity index (χ0n) is 9.03. The van der Waals surface area contributed by atoms with Gasteiger partial charge in [0.25, 0.3) is 0 Å². The van der Waals surface area contributed by atoms with Crippen LogP contribution in [0.2, 0.25) is 0 Å². The molecular formula is C14H16O. The van der Waals surface area contributed by atoms with Crippen molar-refractivity contribution in [2.24, 2.45) is 0 Å². The van der Waals surface area contributed by atoms with Gasteiger partial charge in [-0.1, -0.05) is 24.3 Å². The normalized spacial score (nSPS) is 20.3. The summed E-state index contributed by atoms with van der Waals surface area (Å²) in [5.41, 5.74) is 2.72. The van der Waals surface area contributed by atoms with Crippen molar-refractivity contribution in [1.29, 1.82) is 0 Å². The fourth-order valence-electron chi connectivity index (χ4n) is 2.34. The van der Waals surface area contributed by atoms with E-state index in [0.29, 0.717) is 12.3 Å². The third-order valence-corrected chi connectivity index (χ3v) is 3.13. The van der Waals surface area contributed by atoms with Crippen molar-refractivity contribution in [3.8, 4) is 11.8 Å². The van der Waals surface area contributed by atoms with Crippen molar-refractivity contribution in [3.63, 3.8) is 0 Å². The average Bonchev–Trinajstić information content (AvgIpc) is 2.69. The van der Waals surface area contributed by atoms with Gasteiger partial charge in [-0.05, 0) is 30.9 Å². The fourth-order valence-corrected chi connectivity index (χ4v) is 2.34. The van der Waals surface area contributed by atoms with Gasteiger partial charge in [0.2, 0.25) is 0 Å². The molecule has 1 aliphatic carbocycles. The molecule has 1 nitrogen and oxygen atoms in total. The maximum atomic E-state index is 10.0. The Balaban J connectivity index is 2.15. The molecule has 15 heavy (non-hydrogen) atoms. The third kappa shape index (κ3) is 2.06. The van der Waals surface area contributed by atoms with E-state index < -0.39 is 0 Å². The van der Waals surface area contributed by atoms with Crippen LogP contribution in [0.15, 0.2) is 24.3 Å². The highest BCUT2D eigenvalue weighted by Gasteiger charge is 2.27. The van der Waals surface area contributed by atoms with Crippen molar-refractivity contribution in [2.75, 3.05) is 0 Å². The molecule has 1 aliphatic rings. The summed E-state index contributed by atoms with van der Waals surface area (Å²) in [6.45, 7) is 1.81. The van der Waals surface area contributed by atoms with E-state index in [1.807, 2.05) is 6.92 Å². The number of hydrogen-bond donors (Lipinski definition) is 1. The van der Waals surface area contributed by atoms with Gasteiger partial charge >= 0.3 is 0 Å². The zero-order valence-corrected chi connectivity index (χ0v) is 9.03. The van der Waals surface area contributed by atoms with Crippen molar-refractivity contribution in [1.82, 2.24) is 0 Å². The average molecular weight is 200 g/mol. The first-order chi connectivity index (χ1) is 7.33. The van der Waals surface area contributed by atoms with Crippen LogP contribution >= 0.6 is 0 Å². The minimum absolute atomic E-state index is 0.294. The molecule has 2 atom stereocenters. The van der Waals surface area contributed by atoms with Gasteiger partial charge in [-0.2, -0.15) is 0 Å². The minimum Gasteiger partial charge on any atom is -0.391 e. The second-order valence-electron chi connectivity index (χ2n) is 4.04. The Bertz CT molecular complexity index is 397. The Hall–Kier alpha value is -1.26. The summed E-state index contributed by atoms with van der Waals surface area (Å²) < 4.78 is 0. The van der Waals surface area contributed by atoms with Crippen LogP contribution in [-0.4, -0.2) is 11.2 Å².